The minimum Gasteiger partial charge on any atom is -0.497 e. The Labute approximate surface area is 100 Å². The second kappa shape index (κ2) is 6.58. The first-order chi connectivity index (χ1) is 8.17. The average molecular weight is 236 g/mol. The lowest BCUT2D eigenvalue weighted by atomic mass is 10.1. The molecule has 0 radical (unpaired) electrons. The number of ether oxygens (including phenoxy) is 2. The number of carbonyl (C=O) groups is 1. The molecule has 0 aliphatic rings. The van der Waals surface area contributed by atoms with Gasteiger partial charge in [-0.1, -0.05) is 6.92 Å². The molecule has 0 heterocycles. The lowest BCUT2D eigenvalue weighted by molar-refractivity contribution is -0.131. The number of benzene rings is 1. The molecular formula is C13H16O4. The van der Waals surface area contributed by atoms with Crippen LogP contribution in [0.5, 0.6) is 11.5 Å². The van der Waals surface area contributed by atoms with E-state index in [4.69, 9.17) is 14.6 Å². The van der Waals surface area contributed by atoms with Crippen LogP contribution in [0.25, 0.3) is 6.08 Å². The van der Waals surface area contributed by atoms with Crippen molar-refractivity contribution in [1.82, 2.24) is 0 Å². The summed E-state index contributed by atoms with van der Waals surface area (Å²) in [5.41, 5.74) is 0.695. The third kappa shape index (κ3) is 4.18. The van der Waals surface area contributed by atoms with E-state index in [1.165, 1.54) is 6.08 Å². The summed E-state index contributed by atoms with van der Waals surface area (Å²) >= 11 is 0. The molecule has 0 fully saturated rings. The Hall–Kier alpha value is -1.97. The van der Waals surface area contributed by atoms with Crippen molar-refractivity contribution in [2.45, 2.75) is 13.3 Å². The Kier molecular flexibility index (Phi) is 5.07. The Balaban J connectivity index is 2.98. The molecule has 1 rings (SSSR count). The van der Waals surface area contributed by atoms with Crippen molar-refractivity contribution >= 4 is 12.0 Å². The molecule has 0 bridgehead atoms. The van der Waals surface area contributed by atoms with Crippen LogP contribution in [-0.2, 0) is 4.79 Å². The van der Waals surface area contributed by atoms with Crippen LogP contribution in [0.15, 0.2) is 24.3 Å². The molecule has 0 aliphatic carbocycles. The summed E-state index contributed by atoms with van der Waals surface area (Å²) in [4.78, 5) is 10.5. The van der Waals surface area contributed by atoms with Crippen molar-refractivity contribution < 1.29 is 19.4 Å². The van der Waals surface area contributed by atoms with Gasteiger partial charge >= 0.3 is 5.97 Å². The number of aliphatic carboxylic acids is 1. The van der Waals surface area contributed by atoms with Crippen LogP contribution in [-0.4, -0.2) is 24.8 Å². The molecule has 0 aromatic heterocycles. The maximum Gasteiger partial charge on any atom is 0.328 e. The molecule has 0 spiro atoms. The van der Waals surface area contributed by atoms with Crippen LogP contribution in [0.1, 0.15) is 18.9 Å². The lowest BCUT2D eigenvalue weighted by Gasteiger charge is -2.09. The largest absolute Gasteiger partial charge is 0.497 e. The highest BCUT2D eigenvalue weighted by atomic mass is 16.5. The normalized spacial score (nSPS) is 10.5. The maximum absolute atomic E-state index is 10.5. The predicted molar refractivity (Wildman–Crippen MR) is 65.4 cm³/mol. The summed E-state index contributed by atoms with van der Waals surface area (Å²) in [5.74, 6) is 0.332. The SMILES string of the molecule is CCCOc1ccc(OC)cc1/C=C/C(=O)O. The molecule has 92 valence electrons. The van der Waals surface area contributed by atoms with E-state index in [9.17, 15) is 4.79 Å². The summed E-state index contributed by atoms with van der Waals surface area (Å²) in [6.07, 6.45) is 3.47. The standard InChI is InChI=1S/C13H16O4/c1-3-8-17-12-6-5-11(16-2)9-10(12)4-7-13(14)15/h4-7,9H,3,8H2,1-2H3,(H,14,15)/b7-4+. The third-order valence-electron chi connectivity index (χ3n) is 2.08. The highest BCUT2D eigenvalue weighted by Crippen LogP contribution is 2.25. The van der Waals surface area contributed by atoms with Gasteiger partial charge in [0.25, 0.3) is 0 Å². The third-order valence-corrected chi connectivity index (χ3v) is 2.08. The molecule has 1 aromatic rings. The van der Waals surface area contributed by atoms with Crippen molar-refractivity contribution in [3.63, 3.8) is 0 Å². The Morgan fingerprint density at radius 3 is 2.82 bits per heavy atom. The summed E-state index contributed by atoms with van der Waals surface area (Å²) in [6, 6.07) is 5.30. The van der Waals surface area contributed by atoms with Gasteiger partial charge in [-0.15, -0.1) is 0 Å². The van der Waals surface area contributed by atoms with Crippen LogP contribution in [0, 0.1) is 0 Å². The number of hydrogen-bond donors (Lipinski definition) is 1. The minimum absolute atomic E-state index is 0.597. The van der Waals surface area contributed by atoms with Gasteiger partial charge in [-0.3, -0.25) is 0 Å². The van der Waals surface area contributed by atoms with Gasteiger partial charge in [0.05, 0.1) is 13.7 Å². The number of hydrogen-bond acceptors (Lipinski definition) is 3. The molecule has 0 amide bonds. The number of rotatable bonds is 6. The second-order valence-corrected chi connectivity index (χ2v) is 3.42. The predicted octanol–water partition coefficient (Wildman–Crippen LogP) is 2.58. The summed E-state index contributed by atoms with van der Waals surface area (Å²) in [7, 11) is 1.56. The smallest absolute Gasteiger partial charge is 0.328 e. The quantitative estimate of drug-likeness (QED) is 0.771. The van der Waals surface area contributed by atoms with E-state index in [-0.39, 0.29) is 0 Å². The molecule has 0 atom stereocenters. The molecule has 1 aromatic carbocycles. The maximum atomic E-state index is 10.5. The molecule has 4 nitrogen and oxygen atoms in total. The van der Waals surface area contributed by atoms with E-state index in [1.807, 2.05) is 6.92 Å². The number of methoxy groups -OCH3 is 1. The van der Waals surface area contributed by atoms with Crippen molar-refractivity contribution in [2.75, 3.05) is 13.7 Å². The van der Waals surface area contributed by atoms with Gasteiger partial charge in [-0.2, -0.15) is 0 Å². The number of carboxylic acid groups (broad SMARTS) is 1. The Bertz CT molecular complexity index is 410. The van der Waals surface area contributed by atoms with Gasteiger partial charge in [0.15, 0.2) is 0 Å². The van der Waals surface area contributed by atoms with Crippen LogP contribution in [0.4, 0.5) is 0 Å². The van der Waals surface area contributed by atoms with E-state index in [2.05, 4.69) is 0 Å². The molecule has 4 heteroatoms. The molecular weight excluding hydrogens is 220 g/mol. The zero-order chi connectivity index (χ0) is 12.7. The molecule has 0 unspecified atom stereocenters. The van der Waals surface area contributed by atoms with Crippen LogP contribution in [0.3, 0.4) is 0 Å². The van der Waals surface area contributed by atoms with E-state index in [0.717, 1.165) is 12.5 Å². The van der Waals surface area contributed by atoms with Gasteiger partial charge in [0.1, 0.15) is 11.5 Å². The van der Waals surface area contributed by atoms with E-state index in [1.54, 1.807) is 25.3 Å². The topological polar surface area (TPSA) is 55.8 Å². The summed E-state index contributed by atoms with van der Waals surface area (Å²) in [6.45, 7) is 2.61. The van der Waals surface area contributed by atoms with Gasteiger partial charge in [-0.25, -0.2) is 4.79 Å². The van der Waals surface area contributed by atoms with Crippen LogP contribution in [0.2, 0.25) is 0 Å². The summed E-state index contributed by atoms with van der Waals surface area (Å²) in [5, 5.41) is 8.61. The van der Waals surface area contributed by atoms with Gasteiger partial charge in [0.2, 0.25) is 0 Å². The van der Waals surface area contributed by atoms with Crippen molar-refractivity contribution in [2.24, 2.45) is 0 Å². The minimum atomic E-state index is -0.991. The van der Waals surface area contributed by atoms with Crippen LogP contribution < -0.4 is 9.47 Å². The summed E-state index contributed by atoms with van der Waals surface area (Å²) < 4.78 is 10.6. The molecule has 0 saturated carbocycles. The highest BCUT2D eigenvalue weighted by Gasteiger charge is 2.03. The van der Waals surface area contributed by atoms with Crippen molar-refractivity contribution in [3.8, 4) is 11.5 Å². The molecule has 0 saturated heterocycles. The number of carboxylic acids is 1. The Morgan fingerprint density at radius 1 is 1.47 bits per heavy atom. The van der Waals surface area contributed by atoms with Crippen molar-refractivity contribution in [3.05, 3.63) is 29.8 Å². The highest BCUT2D eigenvalue weighted by molar-refractivity contribution is 5.86. The average Bonchev–Trinajstić information content (AvgIpc) is 2.34. The monoisotopic (exact) mass is 236 g/mol. The first kappa shape index (κ1) is 13.1. The van der Waals surface area contributed by atoms with Crippen molar-refractivity contribution in [1.29, 1.82) is 0 Å². The molecule has 0 aliphatic heterocycles. The molecule has 1 N–H and O–H groups in total. The zero-order valence-corrected chi connectivity index (χ0v) is 9.97. The van der Waals surface area contributed by atoms with E-state index >= 15 is 0 Å². The fourth-order valence-corrected chi connectivity index (χ4v) is 1.29. The van der Waals surface area contributed by atoms with E-state index < -0.39 is 5.97 Å². The fraction of sp³-hybridized carbons (Fsp3) is 0.308. The zero-order valence-electron chi connectivity index (χ0n) is 9.97. The first-order valence-electron chi connectivity index (χ1n) is 5.39. The van der Waals surface area contributed by atoms with E-state index in [0.29, 0.717) is 23.7 Å². The lowest BCUT2D eigenvalue weighted by Crippen LogP contribution is -1.97. The van der Waals surface area contributed by atoms with Gasteiger partial charge in [-0.05, 0) is 30.7 Å². The fourth-order valence-electron chi connectivity index (χ4n) is 1.29. The second-order valence-electron chi connectivity index (χ2n) is 3.42. The Morgan fingerprint density at radius 2 is 2.24 bits per heavy atom. The first-order valence-corrected chi connectivity index (χ1v) is 5.39. The van der Waals surface area contributed by atoms with Gasteiger partial charge in [0, 0.05) is 11.6 Å². The van der Waals surface area contributed by atoms with Crippen LogP contribution >= 0.6 is 0 Å². The molecule has 17 heavy (non-hydrogen) atoms. The van der Waals surface area contributed by atoms with Gasteiger partial charge < -0.3 is 14.6 Å².